The Bertz CT molecular complexity index is 250. The molecule has 0 amide bonds. The van der Waals surface area contributed by atoms with Crippen molar-refractivity contribution in [2.45, 2.75) is 19.4 Å². The maximum atomic E-state index is 5.43. The Morgan fingerprint density at radius 2 is 2.36 bits per heavy atom. The Kier molecular flexibility index (Phi) is 3.22. The second kappa shape index (κ2) is 4.62. The molecule has 1 saturated heterocycles. The van der Waals surface area contributed by atoms with Crippen molar-refractivity contribution in [3.05, 3.63) is 24.2 Å². The van der Waals surface area contributed by atoms with E-state index in [2.05, 4.69) is 23.2 Å². The van der Waals surface area contributed by atoms with Crippen LogP contribution in [-0.2, 0) is 0 Å². The lowest BCUT2D eigenvalue weighted by Gasteiger charge is -2.25. The maximum absolute atomic E-state index is 5.43. The second-order valence-electron chi connectivity index (χ2n) is 3.83. The van der Waals surface area contributed by atoms with Gasteiger partial charge in [0.25, 0.3) is 0 Å². The Labute approximate surface area is 85.1 Å². The van der Waals surface area contributed by atoms with Crippen molar-refractivity contribution in [2.24, 2.45) is 0 Å². The zero-order valence-electron chi connectivity index (χ0n) is 8.70. The lowest BCUT2D eigenvalue weighted by Crippen LogP contribution is -2.30. The molecular formula is C11H18N2O. The van der Waals surface area contributed by atoms with Crippen molar-refractivity contribution in [3.8, 4) is 0 Å². The molecular weight excluding hydrogens is 176 g/mol. The standard InChI is InChI=1S/C11H18N2O/c1-10(11-4-2-9-14-11)13-7-3-5-12-6-8-13/h2,4,9-10,12H,3,5-8H2,1H3/t10-/m0/s1. The largest absolute Gasteiger partial charge is 0.468 e. The molecule has 0 aliphatic carbocycles. The summed E-state index contributed by atoms with van der Waals surface area (Å²) >= 11 is 0. The average molecular weight is 194 g/mol. The van der Waals surface area contributed by atoms with Gasteiger partial charge < -0.3 is 9.73 Å². The van der Waals surface area contributed by atoms with Gasteiger partial charge in [0.05, 0.1) is 12.3 Å². The SMILES string of the molecule is C[C@@H](c1ccco1)N1CCCNCC1. The van der Waals surface area contributed by atoms with Crippen LogP contribution in [0, 0.1) is 0 Å². The summed E-state index contributed by atoms with van der Waals surface area (Å²) in [6, 6.07) is 4.43. The van der Waals surface area contributed by atoms with Gasteiger partial charge in [-0.25, -0.2) is 0 Å². The van der Waals surface area contributed by atoms with Gasteiger partial charge >= 0.3 is 0 Å². The van der Waals surface area contributed by atoms with Crippen molar-refractivity contribution < 1.29 is 4.42 Å². The maximum Gasteiger partial charge on any atom is 0.120 e. The van der Waals surface area contributed by atoms with Gasteiger partial charge in [-0.15, -0.1) is 0 Å². The summed E-state index contributed by atoms with van der Waals surface area (Å²) in [5.41, 5.74) is 0. The van der Waals surface area contributed by atoms with Crippen LogP contribution < -0.4 is 5.32 Å². The van der Waals surface area contributed by atoms with Crippen LogP contribution in [0.4, 0.5) is 0 Å². The molecule has 1 atom stereocenters. The summed E-state index contributed by atoms with van der Waals surface area (Å²) in [4.78, 5) is 2.47. The van der Waals surface area contributed by atoms with E-state index in [-0.39, 0.29) is 0 Å². The fourth-order valence-corrected chi connectivity index (χ4v) is 1.96. The molecule has 1 aromatic rings. The van der Waals surface area contributed by atoms with E-state index < -0.39 is 0 Å². The highest BCUT2D eigenvalue weighted by Gasteiger charge is 2.18. The van der Waals surface area contributed by atoms with Crippen LogP contribution >= 0.6 is 0 Å². The quantitative estimate of drug-likeness (QED) is 0.775. The molecule has 1 aromatic heterocycles. The molecule has 0 spiro atoms. The van der Waals surface area contributed by atoms with Gasteiger partial charge in [0.2, 0.25) is 0 Å². The molecule has 3 heteroatoms. The highest BCUT2D eigenvalue weighted by molar-refractivity contribution is 5.03. The monoisotopic (exact) mass is 194 g/mol. The first kappa shape index (κ1) is 9.74. The third-order valence-electron chi connectivity index (χ3n) is 2.88. The zero-order valence-corrected chi connectivity index (χ0v) is 8.70. The molecule has 2 heterocycles. The number of hydrogen-bond acceptors (Lipinski definition) is 3. The van der Waals surface area contributed by atoms with Crippen LogP contribution in [0.1, 0.15) is 25.1 Å². The Hall–Kier alpha value is -0.800. The molecule has 3 nitrogen and oxygen atoms in total. The third kappa shape index (κ3) is 2.16. The summed E-state index contributed by atoms with van der Waals surface area (Å²) in [6.07, 6.45) is 2.98. The first-order chi connectivity index (χ1) is 6.88. The van der Waals surface area contributed by atoms with Gasteiger partial charge in [0.15, 0.2) is 0 Å². The van der Waals surface area contributed by atoms with E-state index >= 15 is 0 Å². The minimum Gasteiger partial charge on any atom is -0.468 e. The molecule has 1 aliphatic rings. The lowest BCUT2D eigenvalue weighted by molar-refractivity contribution is 0.200. The molecule has 0 aromatic carbocycles. The van der Waals surface area contributed by atoms with Gasteiger partial charge in [-0.05, 0) is 32.0 Å². The summed E-state index contributed by atoms with van der Waals surface area (Å²) in [5.74, 6) is 1.08. The summed E-state index contributed by atoms with van der Waals surface area (Å²) in [6.45, 7) is 6.72. The Morgan fingerprint density at radius 3 is 3.14 bits per heavy atom. The summed E-state index contributed by atoms with van der Waals surface area (Å²) in [5, 5.41) is 3.41. The predicted molar refractivity (Wildman–Crippen MR) is 56.2 cm³/mol. The zero-order chi connectivity index (χ0) is 9.80. The summed E-state index contributed by atoms with van der Waals surface area (Å²) in [7, 11) is 0. The van der Waals surface area contributed by atoms with Crippen molar-refractivity contribution in [3.63, 3.8) is 0 Å². The van der Waals surface area contributed by atoms with Gasteiger partial charge in [-0.2, -0.15) is 0 Å². The number of rotatable bonds is 2. The van der Waals surface area contributed by atoms with E-state index in [4.69, 9.17) is 4.42 Å². The molecule has 0 bridgehead atoms. The van der Waals surface area contributed by atoms with Crippen LogP contribution in [0.2, 0.25) is 0 Å². The molecule has 1 fully saturated rings. The van der Waals surface area contributed by atoms with Gasteiger partial charge in [0.1, 0.15) is 5.76 Å². The van der Waals surface area contributed by atoms with E-state index in [1.807, 2.05) is 6.07 Å². The number of nitrogens with one attached hydrogen (secondary N) is 1. The molecule has 2 rings (SSSR count). The smallest absolute Gasteiger partial charge is 0.120 e. The Morgan fingerprint density at radius 1 is 1.43 bits per heavy atom. The van der Waals surface area contributed by atoms with E-state index in [0.717, 1.165) is 31.9 Å². The topological polar surface area (TPSA) is 28.4 Å². The van der Waals surface area contributed by atoms with Crippen LogP contribution in [0.15, 0.2) is 22.8 Å². The van der Waals surface area contributed by atoms with E-state index in [0.29, 0.717) is 6.04 Å². The average Bonchev–Trinajstić information content (AvgIpc) is 2.59. The van der Waals surface area contributed by atoms with Gasteiger partial charge in [-0.1, -0.05) is 0 Å². The Balaban J connectivity index is 1.99. The van der Waals surface area contributed by atoms with Crippen LogP contribution in [0.5, 0.6) is 0 Å². The fourth-order valence-electron chi connectivity index (χ4n) is 1.96. The van der Waals surface area contributed by atoms with E-state index in [9.17, 15) is 0 Å². The highest BCUT2D eigenvalue weighted by Crippen LogP contribution is 2.20. The molecule has 0 radical (unpaired) electrons. The number of hydrogen-bond donors (Lipinski definition) is 1. The molecule has 0 saturated carbocycles. The van der Waals surface area contributed by atoms with Crippen LogP contribution in [-0.4, -0.2) is 31.1 Å². The normalized spacial score (nSPS) is 21.8. The van der Waals surface area contributed by atoms with E-state index in [1.165, 1.54) is 6.42 Å². The minimum absolute atomic E-state index is 0.407. The van der Waals surface area contributed by atoms with E-state index in [1.54, 1.807) is 6.26 Å². The minimum atomic E-state index is 0.407. The number of nitrogens with zero attached hydrogens (tertiary/aromatic N) is 1. The molecule has 1 N–H and O–H groups in total. The third-order valence-corrected chi connectivity index (χ3v) is 2.88. The van der Waals surface area contributed by atoms with Gasteiger partial charge in [0, 0.05) is 19.6 Å². The van der Waals surface area contributed by atoms with Gasteiger partial charge in [-0.3, -0.25) is 4.90 Å². The van der Waals surface area contributed by atoms with Crippen molar-refractivity contribution in [1.82, 2.24) is 10.2 Å². The van der Waals surface area contributed by atoms with Crippen molar-refractivity contribution in [2.75, 3.05) is 26.2 Å². The molecule has 78 valence electrons. The lowest BCUT2D eigenvalue weighted by atomic mass is 10.2. The first-order valence-corrected chi connectivity index (χ1v) is 5.36. The van der Waals surface area contributed by atoms with Crippen molar-refractivity contribution in [1.29, 1.82) is 0 Å². The predicted octanol–water partition coefficient (Wildman–Crippen LogP) is 1.64. The van der Waals surface area contributed by atoms with Crippen molar-refractivity contribution >= 4 is 0 Å². The molecule has 0 unspecified atom stereocenters. The molecule has 14 heavy (non-hydrogen) atoms. The highest BCUT2D eigenvalue weighted by atomic mass is 16.3. The number of furan rings is 1. The fraction of sp³-hybridized carbons (Fsp3) is 0.636. The first-order valence-electron chi connectivity index (χ1n) is 5.36. The van der Waals surface area contributed by atoms with Crippen LogP contribution in [0.25, 0.3) is 0 Å². The second-order valence-corrected chi connectivity index (χ2v) is 3.83. The summed E-state index contributed by atoms with van der Waals surface area (Å²) < 4.78 is 5.43. The van der Waals surface area contributed by atoms with Crippen LogP contribution in [0.3, 0.4) is 0 Å². The molecule has 1 aliphatic heterocycles.